The van der Waals surface area contributed by atoms with Crippen LogP contribution in [0.2, 0.25) is 0 Å². The molecule has 7 nitrogen and oxygen atoms in total. The first kappa shape index (κ1) is 25.3. The molecule has 8 heteroatoms. The van der Waals surface area contributed by atoms with Gasteiger partial charge in [-0.3, -0.25) is 5.32 Å². The molecule has 1 heterocycles. The van der Waals surface area contributed by atoms with E-state index in [0.717, 1.165) is 22.4 Å². The Balaban J connectivity index is 1.76. The molecule has 1 saturated heterocycles. The van der Waals surface area contributed by atoms with Crippen molar-refractivity contribution < 1.29 is 29.2 Å². The zero-order chi connectivity index (χ0) is 23.6. The third kappa shape index (κ3) is 7.06. The molecule has 2 aromatic rings. The highest BCUT2D eigenvalue weighted by Gasteiger charge is 2.38. The Kier molecular flexibility index (Phi) is 9.77. The Morgan fingerprint density at radius 2 is 1.82 bits per heavy atom. The van der Waals surface area contributed by atoms with E-state index in [0.29, 0.717) is 11.4 Å². The highest BCUT2D eigenvalue weighted by atomic mass is 32.2. The summed E-state index contributed by atoms with van der Waals surface area (Å²) in [5.74, 6) is 1.48. The van der Waals surface area contributed by atoms with Crippen molar-refractivity contribution in [3.63, 3.8) is 0 Å². The first-order chi connectivity index (χ1) is 16.0. The van der Waals surface area contributed by atoms with Crippen molar-refractivity contribution in [2.45, 2.75) is 32.0 Å². The second-order valence-electron chi connectivity index (χ2n) is 7.75. The van der Waals surface area contributed by atoms with Crippen LogP contribution in [0.25, 0.3) is 0 Å². The van der Waals surface area contributed by atoms with Gasteiger partial charge in [-0.1, -0.05) is 56.0 Å². The van der Waals surface area contributed by atoms with Crippen LogP contribution in [0.4, 0.5) is 10.5 Å². The fourth-order valence-corrected chi connectivity index (χ4v) is 4.50. The molecule has 33 heavy (non-hydrogen) atoms. The van der Waals surface area contributed by atoms with Gasteiger partial charge in [0, 0.05) is 28.7 Å². The zero-order valence-electron chi connectivity index (χ0n) is 18.7. The van der Waals surface area contributed by atoms with Gasteiger partial charge in [0.1, 0.15) is 6.61 Å². The molecule has 178 valence electrons. The first-order valence-electron chi connectivity index (χ1n) is 10.9. The van der Waals surface area contributed by atoms with Gasteiger partial charge >= 0.3 is 6.09 Å². The van der Waals surface area contributed by atoms with Crippen LogP contribution < -0.4 is 5.32 Å². The molecule has 1 amide bonds. The zero-order valence-corrected chi connectivity index (χ0v) is 19.5. The van der Waals surface area contributed by atoms with E-state index in [4.69, 9.17) is 19.3 Å². The van der Waals surface area contributed by atoms with E-state index >= 15 is 0 Å². The van der Waals surface area contributed by atoms with Gasteiger partial charge in [0.15, 0.2) is 6.29 Å². The molecule has 3 N–H and O–H groups in total. The molecule has 2 aromatic carbocycles. The Hall–Kier alpha value is -2.36. The third-order valence-corrected chi connectivity index (χ3v) is 6.44. The van der Waals surface area contributed by atoms with Crippen LogP contribution in [0.3, 0.4) is 0 Å². The number of amides is 1. The summed E-state index contributed by atoms with van der Waals surface area (Å²) in [4.78, 5) is 11.7. The number of benzene rings is 2. The van der Waals surface area contributed by atoms with E-state index in [1.54, 1.807) is 23.9 Å². The number of thioether (sulfide) groups is 1. The molecule has 0 aliphatic carbocycles. The van der Waals surface area contributed by atoms with Crippen LogP contribution >= 0.6 is 11.8 Å². The number of aliphatic hydroxyl groups excluding tert-OH is 2. The summed E-state index contributed by atoms with van der Waals surface area (Å²) in [6.45, 7) is 5.88. The van der Waals surface area contributed by atoms with E-state index in [2.05, 4.69) is 18.8 Å². The average Bonchev–Trinajstić information content (AvgIpc) is 2.84. The molecular weight excluding hydrogens is 442 g/mol. The minimum absolute atomic E-state index is 0.00493. The second kappa shape index (κ2) is 12.8. The van der Waals surface area contributed by atoms with Gasteiger partial charge < -0.3 is 24.4 Å². The lowest BCUT2D eigenvalue weighted by Gasteiger charge is -2.41. The summed E-state index contributed by atoms with van der Waals surface area (Å²) in [6, 6.07) is 15.0. The predicted molar refractivity (Wildman–Crippen MR) is 129 cm³/mol. The summed E-state index contributed by atoms with van der Waals surface area (Å²) in [6.07, 6.45) is 0.112. The molecule has 1 aliphatic rings. The molecule has 4 atom stereocenters. The molecule has 3 rings (SSSR count). The number of hydrogen-bond donors (Lipinski definition) is 3. The van der Waals surface area contributed by atoms with Gasteiger partial charge in [-0.25, -0.2) is 4.79 Å². The van der Waals surface area contributed by atoms with E-state index in [9.17, 15) is 9.90 Å². The molecule has 0 aromatic heterocycles. The van der Waals surface area contributed by atoms with Gasteiger partial charge in [0.25, 0.3) is 0 Å². The Morgan fingerprint density at radius 3 is 2.45 bits per heavy atom. The normalized spacial score (nSPS) is 22.5. The van der Waals surface area contributed by atoms with E-state index in [-0.39, 0.29) is 37.9 Å². The van der Waals surface area contributed by atoms with Crippen molar-refractivity contribution >= 4 is 23.5 Å². The van der Waals surface area contributed by atoms with Crippen LogP contribution in [-0.4, -0.2) is 47.1 Å². The Bertz CT molecular complexity index is 889. The lowest BCUT2D eigenvalue weighted by atomic mass is 9.91. The number of nitrogens with one attached hydrogen (secondary N) is 1. The lowest BCUT2D eigenvalue weighted by molar-refractivity contribution is -0.268. The number of carbonyl (C=O) groups is 1. The molecule has 1 aliphatic heterocycles. The van der Waals surface area contributed by atoms with Crippen LogP contribution in [-0.2, 0) is 20.8 Å². The van der Waals surface area contributed by atoms with Gasteiger partial charge in [0.05, 0.1) is 25.4 Å². The van der Waals surface area contributed by atoms with E-state index in [1.165, 1.54) is 6.08 Å². The summed E-state index contributed by atoms with van der Waals surface area (Å²) in [5, 5.41) is 21.2. The minimum atomic E-state index is -0.579. The molecule has 0 bridgehead atoms. The Labute approximate surface area is 198 Å². The maximum absolute atomic E-state index is 11.7. The van der Waals surface area contributed by atoms with Crippen molar-refractivity contribution in [1.29, 1.82) is 0 Å². The number of anilines is 1. The molecule has 0 saturated carbocycles. The van der Waals surface area contributed by atoms with Crippen molar-refractivity contribution in [2.75, 3.05) is 30.0 Å². The third-order valence-electron chi connectivity index (χ3n) is 5.40. The molecule has 1 fully saturated rings. The van der Waals surface area contributed by atoms with E-state index < -0.39 is 12.4 Å². The lowest BCUT2D eigenvalue weighted by Crippen LogP contribution is -2.38. The van der Waals surface area contributed by atoms with Crippen molar-refractivity contribution in [3.8, 4) is 0 Å². The average molecular weight is 474 g/mol. The smallest absolute Gasteiger partial charge is 0.411 e. The quantitative estimate of drug-likeness (QED) is 0.347. The van der Waals surface area contributed by atoms with Gasteiger partial charge in [-0.2, -0.15) is 11.8 Å². The monoisotopic (exact) mass is 473 g/mol. The minimum Gasteiger partial charge on any atom is -0.445 e. The topological polar surface area (TPSA) is 97.3 Å². The van der Waals surface area contributed by atoms with Crippen LogP contribution in [0.1, 0.15) is 36.0 Å². The SMILES string of the molecule is C=CCOC(=O)Nc1ccc([C@H]2O[C@@H](CSCCO)[C@@H](C)[C@@H](c3ccc(CO)cc3)O2)cc1. The van der Waals surface area contributed by atoms with Crippen molar-refractivity contribution in [1.82, 2.24) is 0 Å². The maximum Gasteiger partial charge on any atom is 0.411 e. The van der Waals surface area contributed by atoms with E-state index in [1.807, 2.05) is 36.4 Å². The Morgan fingerprint density at radius 1 is 1.12 bits per heavy atom. The number of rotatable bonds is 10. The highest BCUT2D eigenvalue weighted by molar-refractivity contribution is 7.99. The molecule has 0 unspecified atom stereocenters. The number of hydrogen-bond acceptors (Lipinski definition) is 7. The van der Waals surface area contributed by atoms with Crippen molar-refractivity contribution in [2.24, 2.45) is 5.92 Å². The van der Waals surface area contributed by atoms with Gasteiger partial charge in [-0.15, -0.1) is 0 Å². The first-order valence-corrected chi connectivity index (χ1v) is 12.0. The number of carbonyl (C=O) groups excluding carboxylic acids is 1. The standard InChI is InChI=1S/C25H31NO6S/c1-3-13-30-25(29)26-21-10-8-20(9-11-21)24-31-22(16-33-14-12-27)17(2)23(32-24)19-6-4-18(15-28)5-7-19/h3-11,17,22-24,27-28H,1,12-16H2,2H3,(H,26,29)/t17-,22+,23+,24+/m1/s1. The predicted octanol–water partition coefficient (Wildman–Crippen LogP) is 4.43. The van der Waals surface area contributed by atoms with Gasteiger partial charge in [-0.05, 0) is 23.3 Å². The molecule has 0 spiro atoms. The van der Waals surface area contributed by atoms with Crippen LogP contribution in [0, 0.1) is 5.92 Å². The second-order valence-corrected chi connectivity index (χ2v) is 8.90. The summed E-state index contributed by atoms with van der Waals surface area (Å²) < 4.78 is 17.6. The number of aliphatic hydroxyl groups is 2. The summed E-state index contributed by atoms with van der Waals surface area (Å²) in [5.41, 5.74) is 3.30. The summed E-state index contributed by atoms with van der Waals surface area (Å²) >= 11 is 1.65. The van der Waals surface area contributed by atoms with Crippen LogP contribution in [0.5, 0.6) is 0 Å². The van der Waals surface area contributed by atoms with Gasteiger partial charge in [0.2, 0.25) is 0 Å². The highest BCUT2D eigenvalue weighted by Crippen LogP contribution is 2.42. The van der Waals surface area contributed by atoms with Crippen molar-refractivity contribution in [3.05, 3.63) is 77.9 Å². The maximum atomic E-state index is 11.7. The summed E-state index contributed by atoms with van der Waals surface area (Å²) in [7, 11) is 0. The molecular formula is C25H31NO6S. The fourth-order valence-electron chi connectivity index (χ4n) is 3.59. The largest absolute Gasteiger partial charge is 0.445 e. The molecule has 0 radical (unpaired) electrons. The fraction of sp³-hybridized carbons (Fsp3) is 0.400. The number of ether oxygens (including phenoxy) is 3. The van der Waals surface area contributed by atoms with Crippen LogP contribution in [0.15, 0.2) is 61.2 Å².